The van der Waals surface area contributed by atoms with Gasteiger partial charge in [-0.3, -0.25) is 14.5 Å². The van der Waals surface area contributed by atoms with Crippen molar-refractivity contribution in [1.29, 1.82) is 0 Å². The number of thioether (sulfide) groups is 1. The summed E-state index contributed by atoms with van der Waals surface area (Å²) in [6, 6.07) is 15.0. The van der Waals surface area contributed by atoms with E-state index in [1.807, 2.05) is 60.9 Å². The van der Waals surface area contributed by atoms with Crippen LogP contribution in [0.4, 0.5) is 11.4 Å². The third kappa shape index (κ3) is 4.08. The van der Waals surface area contributed by atoms with E-state index in [4.69, 9.17) is 4.74 Å². The fourth-order valence-corrected chi connectivity index (χ4v) is 4.80. The van der Waals surface area contributed by atoms with E-state index in [-0.39, 0.29) is 11.8 Å². The monoisotopic (exact) mass is 465 g/mol. The lowest BCUT2D eigenvalue weighted by Crippen LogP contribution is -2.60. The Hall–Kier alpha value is -3.33. The smallest absolute Gasteiger partial charge is 0.250 e. The highest BCUT2D eigenvalue weighted by Gasteiger charge is 2.45. The van der Waals surface area contributed by atoms with Crippen molar-refractivity contribution in [2.75, 3.05) is 17.3 Å². The summed E-state index contributed by atoms with van der Waals surface area (Å²) in [7, 11) is 1.63. The minimum Gasteiger partial charge on any atom is -0.497 e. The lowest BCUT2D eigenvalue weighted by atomic mass is 9.96. The van der Waals surface area contributed by atoms with Gasteiger partial charge in [0.2, 0.25) is 11.8 Å². The van der Waals surface area contributed by atoms with Gasteiger partial charge < -0.3 is 14.6 Å². The van der Waals surface area contributed by atoms with Crippen molar-refractivity contribution in [2.24, 2.45) is 0 Å². The molecule has 0 spiro atoms. The van der Waals surface area contributed by atoms with Gasteiger partial charge in [0.1, 0.15) is 11.3 Å². The minimum atomic E-state index is -1.02. The van der Waals surface area contributed by atoms with E-state index in [0.717, 1.165) is 17.1 Å². The molecule has 0 fully saturated rings. The van der Waals surface area contributed by atoms with Gasteiger partial charge in [0.25, 0.3) is 0 Å². The number of amides is 2. The zero-order valence-electron chi connectivity index (χ0n) is 19.3. The average Bonchev–Trinajstić information content (AvgIpc) is 3.21. The number of benzene rings is 2. The van der Waals surface area contributed by atoms with Gasteiger partial charge in [0.15, 0.2) is 11.0 Å². The maximum Gasteiger partial charge on any atom is 0.250 e. The number of para-hydroxylation sites is 2. The molecule has 4 rings (SSSR count). The van der Waals surface area contributed by atoms with Gasteiger partial charge in [0, 0.05) is 12.1 Å². The summed E-state index contributed by atoms with van der Waals surface area (Å²) in [4.78, 5) is 28.0. The van der Waals surface area contributed by atoms with Crippen LogP contribution in [0.3, 0.4) is 0 Å². The van der Waals surface area contributed by atoms with Crippen molar-refractivity contribution in [2.45, 2.75) is 50.2 Å². The second-order valence-electron chi connectivity index (χ2n) is 8.24. The van der Waals surface area contributed by atoms with E-state index in [2.05, 4.69) is 15.5 Å². The van der Waals surface area contributed by atoms with Crippen LogP contribution in [-0.2, 0) is 16.1 Å². The summed E-state index contributed by atoms with van der Waals surface area (Å²) in [6.45, 7) is 8.01. The SMILES string of the molecule is CCn1c(SC(C)C(=O)N2c3ccccc3NC(=O)C2(C)C)nnc1-c1ccc(OC)cc1. The van der Waals surface area contributed by atoms with Gasteiger partial charge in [-0.1, -0.05) is 23.9 Å². The Kier molecular flexibility index (Phi) is 6.16. The first kappa shape index (κ1) is 22.8. The molecule has 8 nitrogen and oxygen atoms in total. The lowest BCUT2D eigenvalue weighted by Gasteiger charge is -2.43. The van der Waals surface area contributed by atoms with Gasteiger partial charge in [-0.05, 0) is 64.1 Å². The molecular weight excluding hydrogens is 438 g/mol. The number of hydrogen-bond acceptors (Lipinski definition) is 6. The quantitative estimate of drug-likeness (QED) is 0.549. The van der Waals surface area contributed by atoms with Crippen molar-refractivity contribution in [3.63, 3.8) is 0 Å². The van der Waals surface area contributed by atoms with Gasteiger partial charge in [0.05, 0.1) is 23.7 Å². The zero-order valence-corrected chi connectivity index (χ0v) is 20.1. The minimum absolute atomic E-state index is 0.163. The molecule has 0 bridgehead atoms. The molecule has 0 saturated carbocycles. The normalized spacial score (nSPS) is 15.5. The number of fused-ring (bicyclic) bond motifs is 1. The standard InChI is InChI=1S/C24H27N5O3S/c1-6-28-20(16-11-13-17(32-5)14-12-16)26-27-23(28)33-15(2)21(30)29-19-10-8-7-9-18(19)25-22(31)24(29,3)4/h7-15H,6H2,1-5H3,(H,25,31). The Morgan fingerprint density at radius 2 is 1.85 bits per heavy atom. The molecule has 33 heavy (non-hydrogen) atoms. The highest BCUT2D eigenvalue weighted by molar-refractivity contribution is 8.00. The number of carbonyl (C=O) groups excluding carboxylic acids is 2. The molecule has 0 saturated heterocycles. The van der Waals surface area contributed by atoms with Crippen LogP contribution in [0, 0.1) is 0 Å². The predicted octanol–water partition coefficient (Wildman–Crippen LogP) is 4.22. The van der Waals surface area contributed by atoms with Crippen molar-refractivity contribution in [3.05, 3.63) is 48.5 Å². The molecule has 2 amide bonds. The van der Waals surface area contributed by atoms with Crippen LogP contribution in [0.25, 0.3) is 11.4 Å². The molecule has 3 aromatic rings. The van der Waals surface area contributed by atoms with Crippen LogP contribution in [0.15, 0.2) is 53.7 Å². The Bertz CT molecular complexity index is 1190. The van der Waals surface area contributed by atoms with Crippen molar-refractivity contribution < 1.29 is 14.3 Å². The molecular formula is C24H27N5O3S. The molecule has 1 N–H and O–H groups in total. The average molecular weight is 466 g/mol. The van der Waals surface area contributed by atoms with Crippen LogP contribution in [0.5, 0.6) is 5.75 Å². The molecule has 1 atom stereocenters. The van der Waals surface area contributed by atoms with E-state index in [1.54, 1.807) is 31.9 Å². The molecule has 9 heteroatoms. The van der Waals surface area contributed by atoms with Crippen LogP contribution < -0.4 is 15.0 Å². The van der Waals surface area contributed by atoms with Gasteiger partial charge in [-0.2, -0.15) is 0 Å². The first-order valence-electron chi connectivity index (χ1n) is 10.8. The molecule has 2 aromatic carbocycles. The number of nitrogens with one attached hydrogen (secondary N) is 1. The van der Waals surface area contributed by atoms with E-state index in [9.17, 15) is 9.59 Å². The predicted molar refractivity (Wildman–Crippen MR) is 130 cm³/mol. The number of aromatic nitrogens is 3. The third-order valence-corrected chi connectivity index (χ3v) is 6.81. The van der Waals surface area contributed by atoms with Crippen LogP contribution >= 0.6 is 11.8 Å². The lowest BCUT2D eigenvalue weighted by molar-refractivity contribution is -0.126. The van der Waals surface area contributed by atoms with Gasteiger partial charge in [-0.25, -0.2) is 0 Å². The number of hydrogen-bond donors (Lipinski definition) is 1. The topological polar surface area (TPSA) is 89.4 Å². The number of nitrogens with zero attached hydrogens (tertiary/aromatic N) is 4. The number of methoxy groups -OCH3 is 1. The van der Waals surface area contributed by atoms with Gasteiger partial charge in [-0.15, -0.1) is 10.2 Å². The molecule has 172 valence electrons. The molecule has 2 heterocycles. The first-order valence-corrected chi connectivity index (χ1v) is 11.6. The number of ether oxygens (including phenoxy) is 1. The Morgan fingerprint density at radius 3 is 2.52 bits per heavy atom. The van der Waals surface area contributed by atoms with Crippen molar-refractivity contribution in [1.82, 2.24) is 14.8 Å². The second-order valence-corrected chi connectivity index (χ2v) is 9.55. The highest BCUT2D eigenvalue weighted by Crippen LogP contribution is 2.39. The summed E-state index contributed by atoms with van der Waals surface area (Å²) >= 11 is 1.34. The third-order valence-electron chi connectivity index (χ3n) is 5.74. The Labute approximate surface area is 197 Å². The number of rotatable bonds is 6. The van der Waals surface area contributed by atoms with Crippen LogP contribution in [-0.4, -0.2) is 44.5 Å². The largest absolute Gasteiger partial charge is 0.497 e. The highest BCUT2D eigenvalue weighted by atomic mass is 32.2. The van der Waals surface area contributed by atoms with E-state index in [1.165, 1.54) is 11.8 Å². The number of carbonyl (C=O) groups is 2. The second kappa shape index (κ2) is 8.90. The zero-order chi connectivity index (χ0) is 23.8. The molecule has 1 unspecified atom stereocenters. The molecule has 1 aliphatic heterocycles. The summed E-state index contributed by atoms with van der Waals surface area (Å²) in [5.41, 5.74) is 1.22. The van der Waals surface area contributed by atoms with Crippen molar-refractivity contribution in [3.8, 4) is 17.1 Å². The Balaban J connectivity index is 1.62. The Morgan fingerprint density at radius 1 is 1.15 bits per heavy atom. The van der Waals surface area contributed by atoms with E-state index < -0.39 is 10.8 Å². The summed E-state index contributed by atoms with van der Waals surface area (Å²) in [5.74, 6) is 1.11. The molecule has 0 radical (unpaired) electrons. The fraction of sp³-hybridized carbons (Fsp3) is 0.333. The van der Waals surface area contributed by atoms with Crippen LogP contribution in [0.2, 0.25) is 0 Å². The summed E-state index contributed by atoms with van der Waals surface area (Å²) in [6.07, 6.45) is 0. The number of anilines is 2. The molecule has 0 aliphatic carbocycles. The van der Waals surface area contributed by atoms with Crippen molar-refractivity contribution >= 4 is 35.0 Å². The maximum atomic E-state index is 13.6. The van der Waals surface area contributed by atoms with E-state index in [0.29, 0.717) is 23.1 Å². The molecule has 1 aliphatic rings. The summed E-state index contributed by atoms with van der Waals surface area (Å²) < 4.78 is 7.22. The maximum absolute atomic E-state index is 13.6. The van der Waals surface area contributed by atoms with E-state index >= 15 is 0 Å². The first-order chi connectivity index (χ1) is 15.8. The molecule has 1 aromatic heterocycles. The summed E-state index contributed by atoms with van der Waals surface area (Å²) in [5, 5.41) is 11.8. The van der Waals surface area contributed by atoms with Gasteiger partial charge >= 0.3 is 0 Å². The fourth-order valence-electron chi connectivity index (χ4n) is 3.85. The van der Waals surface area contributed by atoms with Crippen LogP contribution in [0.1, 0.15) is 27.7 Å².